The molecule has 0 bridgehead atoms. The van der Waals surface area contributed by atoms with E-state index in [1.807, 2.05) is 13.8 Å². The first-order valence-corrected chi connectivity index (χ1v) is 8.29. The van der Waals surface area contributed by atoms with E-state index in [4.69, 9.17) is 5.73 Å². The van der Waals surface area contributed by atoms with Gasteiger partial charge in [-0.25, -0.2) is 12.7 Å². The number of nitrogens with two attached hydrogens (primary N) is 1. The lowest BCUT2D eigenvalue weighted by atomic mass is 10.1. The maximum atomic E-state index is 12.4. The summed E-state index contributed by atoms with van der Waals surface area (Å²) in [6.45, 7) is 7.63. The minimum Gasteiger partial charge on any atom is -0.324 e. The maximum Gasteiger partial charge on any atom is 0.218 e. The van der Waals surface area contributed by atoms with Crippen molar-refractivity contribution >= 4 is 10.0 Å². The van der Waals surface area contributed by atoms with Crippen molar-refractivity contribution in [3.8, 4) is 0 Å². The number of nitrogens with zero attached hydrogens (tertiary/aromatic N) is 2. The van der Waals surface area contributed by atoms with Gasteiger partial charge in [-0.3, -0.25) is 0 Å². The third-order valence-electron chi connectivity index (χ3n) is 3.71. The van der Waals surface area contributed by atoms with E-state index in [2.05, 4.69) is 4.90 Å². The van der Waals surface area contributed by atoms with Gasteiger partial charge in [0.25, 0.3) is 0 Å². The Labute approximate surface area is 110 Å². The molecule has 0 radical (unpaired) electrons. The minimum absolute atomic E-state index is 0.224. The Morgan fingerprint density at radius 1 is 1.22 bits per heavy atom. The Balaban J connectivity index is 1.96. The van der Waals surface area contributed by atoms with Crippen LogP contribution >= 0.6 is 0 Å². The van der Waals surface area contributed by atoms with Gasteiger partial charge in [-0.15, -0.1) is 0 Å². The van der Waals surface area contributed by atoms with E-state index in [9.17, 15) is 8.42 Å². The maximum absolute atomic E-state index is 12.4. The van der Waals surface area contributed by atoms with Crippen LogP contribution in [-0.2, 0) is 10.0 Å². The van der Waals surface area contributed by atoms with Gasteiger partial charge in [0, 0.05) is 31.7 Å². The summed E-state index contributed by atoms with van der Waals surface area (Å²) in [5.41, 5.74) is 5.73. The largest absolute Gasteiger partial charge is 0.324 e. The molecule has 1 unspecified atom stereocenters. The normalized spacial score (nSPS) is 28.1. The summed E-state index contributed by atoms with van der Waals surface area (Å²) in [6.07, 6.45) is 2.76. The van der Waals surface area contributed by atoms with Gasteiger partial charge in [-0.2, -0.15) is 0 Å². The molecular weight excluding hydrogens is 250 g/mol. The summed E-state index contributed by atoms with van der Waals surface area (Å²) in [4.78, 5) is 2.18. The van der Waals surface area contributed by atoms with Crippen LogP contribution in [0.2, 0.25) is 0 Å². The molecule has 0 aromatic rings. The zero-order valence-corrected chi connectivity index (χ0v) is 12.2. The van der Waals surface area contributed by atoms with Crippen LogP contribution in [0.5, 0.6) is 0 Å². The molecule has 0 aromatic carbocycles. The van der Waals surface area contributed by atoms with Gasteiger partial charge < -0.3 is 10.6 Å². The zero-order chi connectivity index (χ0) is 13.4. The van der Waals surface area contributed by atoms with Crippen molar-refractivity contribution in [2.24, 2.45) is 5.73 Å². The second-order valence-electron chi connectivity index (χ2n) is 6.29. The number of hydrogen-bond donors (Lipinski definition) is 1. The Morgan fingerprint density at radius 2 is 1.83 bits per heavy atom. The molecule has 106 valence electrons. The lowest BCUT2D eigenvalue weighted by molar-refractivity contribution is 0.271. The molecule has 5 nitrogen and oxygen atoms in total. The van der Waals surface area contributed by atoms with Crippen molar-refractivity contribution in [1.82, 2.24) is 9.21 Å². The lowest BCUT2D eigenvalue weighted by Crippen LogP contribution is -2.45. The van der Waals surface area contributed by atoms with Crippen molar-refractivity contribution in [3.63, 3.8) is 0 Å². The predicted molar refractivity (Wildman–Crippen MR) is 72.8 cm³/mol. The average molecular weight is 275 g/mol. The molecule has 2 aliphatic rings. The van der Waals surface area contributed by atoms with E-state index in [0.29, 0.717) is 19.6 Å². The van der Waals surface area contributed by atoms with Gasteiger partial charge in [0.05, 0.1) is 5.25 Å². The molecule has 2 N–H and O–H groups in total. The predicted octanol–water partition coefficient (Wildman–Crippen LogP) is 0.224. The molecule has 0 aromatic heterocycles. The molecule has 2 rings (SSSR count). The molecule has 0 aliphatic carbocycles. The van der Waals surface area contributed by atoms with Crippen LogP contribution in [0.25, 0.3) is 0 Å². The second kappa shape index (κ2) is 5.07. The molecule has 2 saturated heterocycles. The van der Waals surface area contributed by atoms with Crippen molar-refractivity contribution in [2.75, 3.05) is 32.7 Å². The number of hydrogen-bond acceptors (Lipinski definition) is 4. The molecule has 2 aliphatic heterocycles. The first kappa shape index (κ1) is 14.2. The monoisotopic (exact) mass is 275 g/mol. The molecule has 2 heterocycles. The number of rotatable bonds is 4. The van der Waals surface area contributed by atoms with E-state index in [1.165, 1.54) is 0 Å². The molecule has 1 atom stereocenters. The highest BCUT2D eigenvalue weighted by atomic mass is 32.2. The Hall–Kier alpha value is -0.170. The smallest absolute Gasteiger partial charge is 0.218 e. The first-order chi connectivity index (χ1) is 8.29. The fraction of sp³-hybridized carbons (Fsp3) is 1.00. The summed E-state index contributed by atoms with van der Waals surface area (Å²) in [7, 11) is -3.08. The van der Waals surface area contributed by atoms with Crippen molar-refractivity contribution in [2.45, 2.75) is 43.9 Å². The van der Waals surface area contributed by atoms with Gasteiger partial charge in [-0.05, 0) is 39.7 Å². The van der Waals surface area contributed by atoms with Crippen molar-refractivity contribution < 1.29 is 8.42 Å². The lowest BCUT2D eigenvalue weighted by Gasteiger charge is -2.26. The Morgan fingerprint density at radius 3 is 2.39 bits per heavy atom. The Kier molecular flexibility index (Phi) is 4.02. The van der Waals surface area contributed by atoms with E-state index in [-0.39, 0.29) is 10.8 Å². The van der Waals surface area contributed by atoms with Gasteiger partial charge in [0.15, 0.2) is 0 Å². The van der Waals surface area contributed by atoms with E-state index >= 15 is 0 Å². The second-order valence-corrected chi connectivity index (χ2v) is 8.50. The standard InChI is InChI=1S/C12H25N3O2S/c1-12(2,13)10-14-8-5-11(9-14)18(16,17)15-6-3-4-7-15/h11H,3-10,13H2,1-2H3. The van der Waals surface area contributed by atoms with Crippen LogP contribution in [0, 0.1) is 0 Å². The first-order valence-electron chi connectivity index (χ1n) is 6.79. The zero-order valence-electron chi connectivity index (χ0n) is 11.4. The highest BCUT2D eigenvalue weighted by Gasteiger charge is 2.38. The van der Waals surface area contributed by atoms with E-state index in [1.54, 1.807) is 4.31 Å². The number of likely N-dealkylation sites (tertiary alicyclic amines) is 1. The fourth-order valence-electron chi connectivity index (χ4n) is 2.91. The molecule has 6 heteroatoms. The minimum atomic E-state index is -3.08. The van der Waals surface area contributed by atoms with Crippen molar-refractivity contribution in [3.05, 3.63) is 0 Å². The summed E-state index contributed by atoms with van der Waals surface area (Å²) < 4.78 is 26.5. The van der Waals surface area contributed by atoms with Crippen LogP contribution < -0.4 is 5.73 Å². The van der Waals surface area contributed by atoms with Gasteiger partial charge in [0.2, 0.25) is 10.0 Å². The highest BCUT2D eigenvalue weighted by molar-refractivity contribution is 7.89. The highest BCUT2D eigenvalue weighted by Crippen LogP contribution is 2.24. The molecule has 2 fully saturated rings. The summed E-state index contributed by atoms with van der Waals surface area (Å²) in [6, 6.07) is 0. The van der Waals surface area contributed by atoms with E-state index in [0.717, 1.165) is 32.4 Å². The van der Waals surface area contributed by atoms with E-state index < -0.39 is 10.0 Å². The Bertz CT molecular complexity index is 383. The average Bonchev–Trinajstić information content (AvgIpc) is 2.82. The van der Waals surface area contributed by atoms with Crippen LogP contribution in [0.4, 0.5) is 0 Å². The summed E-state index contributed by atoms with van der Waals surface area (Å²) in [5, 5.41) is -0.224. The number of sulfonamides is 1. The third-order valence-corrected chi connectivity index (χ3v) is 6.02. The molecular formula is C12H25N3O2S. The molecule has 18 heavy (non-hydrogen) atoms. The molecule has 0 spiro atoms. The van der Waals surface area contributed by atoms with Crippen LogP contribution in [0.15, 0.2) is 0 Å². The van der Waals surface area contributed by atoms with Crippen molar-refractivity contribution in [1.29, 1.82) is 0 Å². The fourth-order valence-corrected chi connectivity index (χ4v) is 4.90. The van der Waals surface area contributed by atoms with Gasteiger partial charge >= 0.3 is 0 Å². The summed E-state index contributed by atoms with van der Waals surface area (Å²) in [5.74, 6) is 0. The molecule has 0 saturated carbocycles. The van der Waals surface area contributed by atoms with Crippen LogP contribution in [0.3, 0.4) is 0 Å². The van der Waals surface area contributed by atoms with Crippen LogP contribution in [-0.4, -0.2) is 61.1 Å². The topological polar surface area (TPSA) is 66.6 Å². The third kappa shape index (κ3) is 3.23. The van der Waals surface area contributed by atoms with Gasteiger partial charge in [0.1, 0.15) is 0 Å². The van der Waals surface area contributed by atoms with Gasteiger partial charge in [-0.1, -0.05) is 0 Å². The quantitative estimate of drug-likeness (QED) is 0.797. The van der Waals surface area contributed by atoms with Crippen LogP contribution in [0.1, 0.15) is 33.1 Å². The molecule has 0 amide bonds. The summed E-state index contributed by atoms with van der Waals surface area (Å²) >= 11 is 0. The SMILES string of the molecule is CC(C)(N)CN1CCC(S(=O)(=O)N2CCCC2)C1.